The molecule has 0 saturated carbocycles. The van der Waals surface area contributed by atoms with E-state index in [0.29, 0.717) is 6.42 Å². The molecule has 0 bridgehead atoms. The van der Waals surface area contributed by atoms with Gasteiger partial charge in [-0.05, 0) is 12.8 Å². The first-order valence-electron chi connectivity index (χ1n) is 9.69. The minimum absolute atomic E-state index is 0.0279. The Morgan fingerprint density at radius 1 is 0.840 bits per heavy atom. The van der Waals surface area contributed by atoms with Gasteiger partial charge in [0.15, 0.2) is 0 Å². The Labute approximate surface area is 151 Å². The lowest BCUT2D eigenvalue weighted by atomic mass is 10.1. The summed E-state index contributed by atoms with van der Waals surface area (Å²) in [6.45, 7) is 2.22. The summed E-state index contributed by atoms with van der Waals surface area (Å²) < 4.78 is 4.64. The van der Waals surface area contributed by atoms with Crippen molar-refractivity contribution >= 4 is 17.9 Å². The third-order valence-electron chi connectivity index (χ3n) is 4.17. The Balaban J connectivity index is 3.48. The van der Waals surface area contributed by atoms with Crippen LogP contribution in [-0.4, -0.2) is 29.1 Å². The predicted octanol–water partition coefficient (Wildman–Crippen LogP) is 3.95. The fourth-order valence-electron chi connectivity index (χ4n) is 2.57. The summed E-state index contributed by atoms with van der Waals surface area (Å²) in [6.07, 6.45) is 13.0. The summed E-state index contributed by atoms with van der Waals surface area (Å²) in [6, 6.07) is -1.06. The zero-order valence-electron chi connectivity index (χ0n) is 15.6. The van der Waals surface area contributed by atoms with E-state index in [-0.39, 0.29) is 19.3 Å². The molecule has 3 N–H and O–H groups in total. The molecule has 0 aromatic heterocycles. The number of aliphatic carboxylic acids is 1. The second-order valence-electron chi connectivity index (χ2n) is 6.62. The summed E-state index contributed by atoms with van der Waals surface area (Å²) in [7, 11) is 0. The van der Waals surface area contributed by atoms with Crippen LogP contribution in [0.4, 0.5) is 0 Å². The van der Waals surface area contributed by atoms with E-state index in [9.17, 15) is 14.4 Å². The van der Waals surface area contributed by atoms with Gasteiger partial charge in [-0.2, -0.15) is 0 Å². The molecule has 0 spiro atoms. The summed E-state index contributed by atoms with van der Waals surface area (Å²) in [4.78, 5) is 33.4. The molecule has 25 heavy (non-hydrogen) atoms. The highest BCUT2D eigenvalue weighted by Crippen LogP contribution is 2.12. The van der Waals surface area contributed by atoms with Crippen LogP contribution in [0, 0.1) is 0 Å². The van der Waals surface area contributed by atoms with Gasteiger partial charge in [-0.1, -0.05) is 71.1 Å². The van der Waals surface area contributed by atoms with Gasteiger partial charge >= 0.3 is 17.9 Å². The number of ether oxygens (including phenoxy) is 1. The van der Waals surface area contributed by atoms with Crippen LogP contribution >= 0.6 is 0 Å². The molecule has 0 amide bonds. The number of carbonyl (C=O) groups excluding carboxylic acids is 2. The van der Waals surface area contributed by atoms with Gasteiger partial charge in [0.05, 0.1) is 0 Å². The molecule has 0 aliphatic heterocycles. The molecule has 0 aliphatic rings. The van der Waals surface area contributed by atoms with Gasteiger partial charge < -0.3 is 15.6 Å². The normalized spacial score (nSPS) is 11.9. The van der Waals surface area contributed by atoms with E-state index >= 15 is 0 Å². The second-order valence-corrected chi connectivity index (χ2v) is 6.62. The van der Waals surface area contributed by atoms with Crippen LogP contribution in [0.15, 0.2) is 0 Å². The lowest BCUT2D eigenvalue weighted by Gasteiger charge is -2.09. The molecule has 6 heteroatoms. The molecule has 0 rings (SSSR count). The van der Waals surface area contributed by atoms with E-state index in [2.05, 4.69) is 11.7 Å². The zero-order chi connectivity index (χ0) is 18.9. The Bertz CT molecular complexity index is 384. The van der Waals surface area contributed by atoms with Crippen molar-refractivity contribution < 1.29 is 24.2 Å². The van der Waals surface area contributed by atoms with Crippen molar-refractivity contribution in [1.82, 2.24) is 0 Å². The first-order chi connectivity index (χ1) is 12.0. The third-order valence-corrected chi connectivity index (χ3v) is 4.17. The highest BCUT2D eigenvalue weighted by atomic mass is 16.6. The van der Waals surface area contributed by atoms with Crippen LogP contribution in [0.25, 0.3) is 0 Å². The van der Waals surface area contributed by atoms with Crippen molar-refractivity contribution in [2.75, 3.05) is 0 Å². The van der Waals surface area contributed by atoms with Gasteiger partial charge in [0, 0.05) is 12.8 Å². The van der Waals surface area contributed by atoms with Crippen molar-refractivity contribution in [1.29, 1.82) is 0 Å². The number of carbonyl (C=O) groups is 3. The molecule has 0 unspecified atom stereocenters. The predicted molar refractivity (Wildman–Crippen MR) is 97.0 cm³/mol. The first-order valence-corrected chi connectivity index (χ1v) is 9.69. The average molecular weight is 357 g/mol. The fourth-order valence-corrected chi connectivity index (χ4v) is 2.57. The monoisotopic (exact) mass is 357 g/mol. The Morgan fingerprint density at radius 3 is 1.80 bits per heavy atom. The van der Waals surface area contributed by atoms with E-state index in [0.717, 1.165) is 12.8 Å². The highest BCUT2D eigenvalue weighted by Gasteiger charge is 2.19. The van der Waals surface area contributed by atoms with E-state index in [1.54, 1.807) is 0 Å². The molecule has 0 saturated heterocycles. The molecule has 1 atom stereocenters. The van der Waals surface area contributed by atoms with Crippen LogP contribution in [0.5, 0.6) is 0 Å². The average Bonchev–Trinajstić information content (AvgIpc) is 2.57. The highest BCUT2D eigenvalue weighted by molar-refractivity contribution is 5.88. The SMILES string of the molecule is CCCCCCCCCCCCCC(=O)OC(=O)[C@@H](N)CCC(=O)O. The molecular weight excluding hydrogens is 322 g/mol. The van der Waals surface area contributed by atoms with E-state index in [4.69, 9.17) is 10.8 Å². The molecule has 0 fully saturated rings. The minimum atomic E-state index is -1.06. The van der Waals surface area contributed by atoms with Crippen molar-refractivity contribution in [2.45, 2.75) is 103 Å². The maximum absolute atomic E-state index is 11.5. The molecule has 0 aromatic rings. The Hall–Kier alpha value is -1.43. The van der Waals surface area contributed by atoms with Gasteiger partial charge in [0.25, 0.3) is 0 Å². The van der Waals surface area contributed by atoms with E-state index in [1.807, 2.05) is 0 Å². The molecule has 0 heterocycles. The van der Waals surface area contributed by atoms with Gasteiger partial charge in [-0.3, -0.25) is 9.59 Å². The smallest absolute Gasteiger partial charge is 0.330 e. The molecule has 0 radical (unpaired) electrons. The van der Waals surface area contributed by atoms with Gasteiger partial charge in [0.2, 0.25) is 0 Å². The summed E-state index contributed by atoms with van der Waals surface area (Å²) in [5.74, 6) is -2.45. The van der Waals surface area contributed by atoms with Crippen molar-refractivity contribution in [3.05, 3.63) is 0 Å². The Kier molecular flexibility index (Phi) is 15.1. The standard InChI is InChI=1S/C19H35NO5/c1-2-3-4-5-6-7-8-9-10-11-12-13-18(23)25-19(24)16(20)14-15-17(21)22/h16H,2-15,20H2,1H3,(H,21,22)/t16-/m0/s1. The lowest BCUT2D eigenvalue weighted by molar-refractivity contribution is -0.160. The maximum atomic E-state index is 11.5. The van der Waals surface area contributed by atoms with Crippen molar-refractivity contribution in [2.24, 2.45) is 5.73 Å². The van der Waals surface area contributed by atoms with E-state index in [1.165, 1.54) is 51.4 Å². The van der Waals surface area contributed by atoms with Crippen LogP contribution in [0.2, 0.25) is 0 Å². The van der Waals surface area contributed by atoms with Gasteiger partial charge in [0.1, 0.15) is 6.04 Å². The Morgan fingerprint density at radius 2 is 1.32 bits per heavy atom. The van der Waals surface area contributed by atoms with Crippen molar-refractivity contribution in [3.8, 4) is 0 Å². The number of hydrogen-bond acceptors (Lipinski definition) is 5. The maximum Gasteiger partial charge on any atom is 0.330 e. The van der Waals surface area contributed by atoms with Gasteiger partial charge in [-0.15, -0.1) is 0 Å². The molecule has 6 nitrogen and oxygen atoms in total. The minimum Gasteiger partial charge on any atom is -0.481 e. The second kappa shape index (κ2) is 16.1. The van der Waals surface area contributed by atoms with Crippen LogP contribution in [0.3, 0.4) is 0 Å². The fraction of sp³-hybridized carbons (Fsp3) is 0.842. The number of carboxylic acid groups (broad SMARTS) is 1. The number of hydrogen-bond donors (Lipinski definition) is 2. The number of carboxylic acids is 1. The van der Waals surface area contributed by atoms with E-state index < -0.39 is 23.9 Å². The third kappa shape index (κ3) is 15.8. The summed E-state index contributed by atoms with van der Waals surface area (Å²) in [5.41, 5.74) is 5.48. The molecule has 0 aromatic carbocycles. The molecular formula is C19H35NO5. The number of esters is 2. The largest absolute Gasteiger partial charge is 0.481 e. The summed E-state index contributed by atoms with van der Waals surface area (Å²) in [5, 5.41) is 8.52. The topological polar surface area (TPSA) is 107 Å². The zero-order valence-corrected chi connectivity index (χ0v) is 15.6. The van der Waals surface area contributed by atoms with Crippen LogP contribution < -0.4 is 5.73 Å². The van der Waals surface area contributed by atoms with Gasteiger partial charge in [-0.25, -0.2) is 4.79 Å². The molecule has 146 valence electrons. The number of nitrogens with two attached hydrogens (primary N) is 1. The number of unbranched alkanes of at least 4 members (excludes halogenated alkanes) is 10. The van der Waals surface area contributed by atoms with Crippen LogP contribution in [-0.2, 0) is 19.1 Å². The molecule has 0 aliphatic carbocycles. The van der Waals surface area contributed by atoms with Crippen LogP contribution in [0.1, 0.15) is 96.8 Å². The quantitative estimate of drug-likeness (QED) is 0.246. The summed E-state index contributed by atoms with van der Waals surface area (Å²) >= 11 is 0. The lowest BCUT2D eigenvalue weighted by Crippen LogP contribution is -2.34. The first kappa shape index (κ1) is 23.6. The number of rotatable bonds is 16. The van der Waals surface area contributed by atoms with Crippen molar-refractivity contribution in [3.63, 3.8) is 0 Å².